The van der Waals surface area contributed by atoms with Gasteiger partial charge >= 0.3 is 0 Å². The summed E-state index contributed by atoms with van der Waals surface area (Å²) in [6.07, 6.45) is 1.09. The minimum absolute atomic E-state index is 0.129. The first-order valence-corrected chi connectivity index (χ1v) is 6.22. The van der Waals surface area contributed by atoms with E-state index in [1.807, 2.05) is 12.1 Å². The van der Waals surface area contributed by atoms with Gasteiger partial charge in [0, 0.05) is 18.3 Å². The lowest BCUT2D eigenvalue weighted by Gasteiger charge is -2.45. The first-order chi connectivity index (χ1) is 7.86. The third-order valence-corrected chi connectivity index (χ3v) is 4.16. The van der Waals surface area contributed by atoms with Crippen LogP contribution in [0.5, 0.6) is 0 Å². The van der Waals surface area contributed by atoms with Gasteiger partial charge in [0.1, 0.15) is 6.07 Å². The van der Waals surface area contributed by atoms with Crippen molar-refractivity contribution in [2.45, 2.75) is 38.6 Å². The summed E-state index contributed by atoms with van der Waals surface area (Å²) >= 11 is 6.12. The SMILES string of the molecule is C[C@H]1CC(C)(C)N(C)c2cc(Cl)c(C#N)cc21. The van der Waals surface area contributed by atoms with E-state index in [1.165, 1.54) is 5.56 Å². The average Bonchev–Trinajstić information content (AvgIpc) is 2.25. The van der Waals surface area contributed by atoms with Crippen LogP contribution in [-0.2, 0) is 0 Å². The summed E-state index contributed by atoms with van der Waals surface area (Å²) in [5.41, 5.74) is 3.08. The normalized spacial score (nSPS) is 21.9. The molecule has 1 aliphatic heterocycles. The molecule has 0 amide bonds. The van der Waals surface area contributed by atoms with Gasteiger partial charge in [0.2, 0.25) is 0 Å². The Hall–Kier alpha value is -1.20. The minimum atomic E-state index is 0.129. The Morgan fingerprint density at radius 2 is 2.12 bits per heavy atom. The summed E-state index contributed by atoms with van der Waals surface area (Å²) in [4.78, 5) is 2.26. The van der Waals surface area contributed by atoms with Crippen LogP contribution in [0.15, 0.2) is 12.1 Å². The Balaban J connectivity index is 2.63. The van der Waals surface area contributed by atoms with Crippen LogP contribution < -0.4 is 4.90 Å². The van der Waals surface area contributed by atoms with E-state index in [2.05, 4.69) is 38.8 Å². The van der Waals surface area contributed by atoms with Crippen molar-refractivity contribution in [3.63, 3.8) is 0 Å². The maximum absolute atomic E-state index is 9.03. The van der Waals surface area contributed by atoms with E-state index in [9.17, 15) is 0 Å². The van der Waals surface area contributed by atoms with Crippen LogP contribution in [0.25, 0.3) is 0 Å². The molecule has 0 bridgehead atoms. The molecule has 1 aromatic rings. The van der Waals surface area contributed by atoms with Crippen LogP contribution >= 0.6 is 11.6 Å². The van der Waals surface area contributed by atoms with Crippen molar-refractivity contribution in [1.82, 2.24) is 0 Å². The van der Waals surface area contributed by atoms with Gasteiger partial charge in [-0.05, 0) is 43.9 Å². The average molecular weight is 249 g/mol. The lowest BCUT2D eigenvalue weighted by molar-refractivity contribution is 0.395. The van der Waals surface area contributed by atoms with Gasteiger partial charge < -0.3 is 4.90 Å². The quantitative estimate of drug-likeness (QED) is 0.696. The lowest BCUT2D eigenvalue weighted by Crippen LogP contribution is -2.45. The lowest BCUT2D eigenvalue weighted by atomic mass is 9.80. The Morgan fingerprint density at radius 3 is 2.71 bits per heavy atom. The van der Waals surface area contributed by atoms with Crippen LogP contribution in [0.4, 0.5) is 5.69 Å². The molecule has 2 rings (SSSR count). The zero-order valence-corrected chi connectivity index (χ0v) is 11.5. The first kappa shape index (κ1) is 12.3. The van der Waals surface area contributed by atoms with Gasteiger partial charge in [0.15, 0.2) is 0 Å². The second-order valence-electron chi connectivity index (χ2n) is 5.48. The smallest absolute Gasteiger partial charge is 0.101 e. The highest BCUT2D eigenvalue weighted by molar-refractivity contribution is 6.32. The third-order valence-electron chi connectivity index (χ3n) is 3.84. The fraction of sp³-hybridized carbons (Fsp3) is 0.500. The van der Waals surface area contributed by atoms with E-state index in [0.717, 1.165) is 12.1 Å². The van der Waals surface area contributed by atoms with Gasteiger partial charge in [-0.15, -0.1) is 0 Å². The van der Waals surface area contributed by atoms with Crippen LogP contribution in [0.1, 0.15) is 44.2 Å². The van der Waals surface area contributed by atoms with Crippen molar-refractivity contribution >= 4 is 17.3 Å². The van der Waals surface area contributed by atoms with Gasteiger partial charge in [0.25, 0.3) is 0 Å². The van der Waals surface area contributed by atoms with Crippen LogP contribution in [0, 0.1) is 11.3 Å². The summed E-state index contributed by atoms with van der Waals surface area (Å²) in [6, 6.07) is 6.01. The van der Waals surface area contributed by atoms with Crippen LogP contribution in [-0.4, -0.2) is 12.6 Å². The molecule has 17 heavy (non-hydrogen) atoms. The number of anilines is 1. The van der Waals surface area contributed by atoms with E-state index >= 15 is 0 Å². The standard InChI is InChI=1S/C14H17ClN2/c1-9-7-14(2,3)17(4)13-6-12(15)10(8-16)5-11(9)13/h5-6,9H,7H2,1-4H3/t9-/m0/s1. The number of hydrogen-bond donors (Lipinski definition) is 0. The van der Waals surface area contributed by atoms with Crippen LogP contribution in [0.2, 0.25) is 5.02 Å². The molecule has 0 unspecified atom stereocenters. The van der Waals surface area contributed by atoms with Crippen molar-refractivity contribution in [1.29, 1.82) is 5.26 Å². The molecule has 90 valence electrons. The zero-order chi connectivity index (χ0) is 12.8. The number of fused-ring (bicyclic) bond motifs is 1. The fourth-order valence-electron chi connectivity index (χ4n) is 2.67. The van der Waals surface area contributed by atoms with Gasteiger partial charge in [-0.1, -0.05) is 18.5 Å². The van der Waals surface area contributed by atoms with E-state index in [0.29, 0.717) is 16.5 Å². The number of nitrogens with zero attached hydrogens (tertiary/aromatic N) is 2. The van der Waals surface area contributed by atoms with E-state index < -0.39 is 0 Å². The van der Waals surface area contributed by atoms with Crippen molar-refractivity contribution < 1.29 is 0 Å². The molecule has 1 aromatic carbocycles. The molecule has 1 heterocycles. The van der Waals surface area contributed by atoms with Crippen molar-refractivity contribution in [2.24, 2.45) is 0 Å². The Kier molecular flexibility index (Phi) is 2.83. The number of nitriles is 1. The topological polar surface area (TPSA) is 27.0 Å². The van der Waals surface area contributed by atoms with Gasteiger partial charge in [-0.25, -0.2) is 0 Å². The molecule has 0 spiro atoms. The summed E-state index contributed by atoms with van der Waals surface area (Å²) in [5, 5.41) is 9.57. The number of hydrogen-bond acceptors (Lipinski definition) is 2. The molecule has 3 heteroatoms. The molecule has 0 radical (unpaired) electrons. The molecule has 0 saturated carbocycles. The highest BCUT2D eigenvalue weighted by Gasteiger charge is 2.34. The van der Waals surface area contributed by atoms with Gasteiger partial charge in [0.05, 0.1) is 10.6 Å². The molecule has 1 aliphatic rings. The van der Waals surface area contributed by atoms with Gasteiger partial charge in [-0.2, -0.15) is 5.26 Å². The van der Waals surface area contributed by atoms with Crippen molar-refractivity contribution in [2.75, 3.05) is 11.9 Å². The summed E-state index contributed by atoms with van der Waals surface area (Å²) < 4.78 is 0. The number of benzene rings is 1. The maximum Gasteiger partial charge on any atom is 0.101 e. The molecule has 0 saturated heterocycles. The Morgan fingerprint density at radius 1 is 1.47 bits per heavy atom. The largest absolute Gasteiger partial charge is 0.369 e. The highest BCUT2D eigenvalue weighted by atomic mass is 35.5. The maximum atomic E-state index is 9.03. The molecule has 1 atom stereocenters. The summed E-state index contributed by atoms with van der Waals surface area (Å²) in [7, 11) is 2.09. The highest BCUT2D eigenvalue weighted by Crippen LogP contribution is 2.44. The monoisotopic (exact) mass is 248 g/mol. The predicted molar refractivity (Wildman–Crippen MR) is 71.7 cm³/mol. The Labute approximate surface area is 108 Å². The second kappa shape index (κ2) is 3.92. The molecule has 0 fully saturated rings. The van der Waals surface area contributed by atoms with E-state index in [4.69, 9.17) is 16.9 Å². The third kappa shape index (κ3) is 1.89. The van der Waals surface area contributed by atoms with Crippen molar-refractivity contribution in [3.8, 4) is 6.07 Å². The minimum Gasteiger partial charge on any atom is -0.369 e. The molecule has 2 nitrogen and oxygen atoms in total. The van der Waals surface area contributed by atoms with Crippen LogP contribution in [0.3, 0.4) is 0 Å². The fourth-order valence-corrected chi connectivity index (χ4v) is 2.87. The van der Waals surface area contributed by atoms with E-state index in [-0.39, 0.29) is 5.54 Å². The second-order valence-corrected chi connectivity index (χ2v) is 5.89. The molecule has 0 aliphatic carbocycles. The molecule has 0 aromatic heterocycles. The Bertz CT molecular complexity index is 500. The number of rotatable bonds is 0. The molecule has 0 N–H and O–H groups in total. The molecular weight excluding hydrogens is 232 g/mol. The van der Waals surface area contributed by atoms with Crippen molar-refractivity contribution in [3.05, 3.63) is 28.3 Å². The summed E-state index contributed by atoms with van der Waals surface area (Å²) in [6.45, 7) is 6.68. The predicted octanol–water partition coefficient (Wildman–Crippen LogP) is 3.93. The zero-order valence-electron chi connectivity index (χ0n) is 10.7. The van der Waals surface area contributed by atoms with E-state index in [1.54, 1.807) is 0 Å². The number of halogens is 1. The van der Waals surface area contributed by atoms with Gasteiger partial charge in [-0.3, -0.25) is 0 Å². The summed E-state index contributed by atoms with van der Waals surface area (Å²) in [5.74, 6) is 0.459. The molecular formula is C14H17ClN2. The first-order valence-electron chi connectivity index (χ1n) is 5.84.